The van der Waals surface area contributed by atoms with Crippen molar-refractivity contribution in [1.82, 2.24) is 19.2 Å². The zero-order valence-electron chi connectivity index (χ0n) is 16.3. The highest BCUT2D eigenvalue weighted by molar-refractivity contribution is 7.91. The maximum absolute atomic E-state index is 11.9. The lowest BCUT2D eigenvalue weighted by Gasteiger charge is -2.27. The van der Waals surface area contributed by atoms with E-state index in [1.807, 2.05) is 16.3 Å². The largest absolute Gasteiger partial charge is 0.303 e. The van der Waals surface area contributed by atoms with E-state index in [0.29, 0.717) is 17.9 Å². The number of rotatable bonds is 7. The van der Waals surface area contributed by atoms with E-state index < -0.39 is 9.84 Å². The third kappa shape index (κ3) is 4.67. The summed E-state index contributed by atoms with van der Waals surface area (Å²) in [6.45, 7) is 5.58. The first kappa shape index (κ1) is 20.2. The van der Waals surface area contributed by atoms with Crippen LogP contribution in [0.2, 0.25) is 0 Å². The van der Waals surface area contributed by atoms with E-state index in [9.17, 15) is 8.42 Å². The Morgan fingerprint density at radius 1 is 1.30 bits per heavy atom. The van der Waals surface area contributed by atoms with Gasteiger partial charge in [0.1, 0.15) is 0 Å². The molecule has 0 bridgehead atoms. The first-order valence-corrected chi connectivity index (χ1v) is 11.7. The molecule has 1 aromatic heterocycles. The van der Waals surface area contributed by atoms with Crippen molar-refractivity contribution in [2.45, 2.75) is 45.8 Å². The van der Waals surface area contributed by atoms with Crippen molar-refractivity contribution >= 4 is 22.1 Å². The van der Waals surface area contributed by atoms with Crippen LogP contribution < -0.4 is 0 Å². The van der Waals surface area contributed by atoms with Crippen LogP contribution in [0.1, 0.15) is 31.7 Å². The van der Waals surface area contributed by atoms with Crippen molar-refractivity contribution < 1.29 is 8.42 Å². The number of nitrogens with zero attached hydrogens (tertiary/aromatic N) is 4. The van der Waals surface area contributed by atoms with Gasteiger partial charge in [0.15, 0.2) is 20.4 Å². The molecule has 1 fully saturated rings. The second-order valence-corrected chi connectivity index (χ2v) is 9.99. The van der Waals surface area contributed by atoms with Gasteiger partial charge in [0.25, 0.3) is 0 Å². The zero-order chi connectivity index (χ0) is 19.6. The van der Waals surface area contributed by atoms with E-state index in [1.165, 1.54) is 5.56 Å². The molecular weight excluding hydrogens is 380 g/mol. The Hall–Kier alpha value is -1.51. The van der Waals surface area contributed by atoms with Crippen molar-refractivity contribution in [2.75, 3.05) is 18.1 Å². The number of aromatic nitrogens is 3. The molecule has 0 aliphatic carbocycles. The minimum Gasteiger partial charge on any atom is -0.303 e. The Bertz CT molecular complexity index is 945. The molecule has 6 nitrogen and oxygen atoms in total. The number of unbranched alkanes of at least 4 members (excludes halogenated alkanes) is 1. The quantitative estimate of drug-likeness (QED) is 0.659. The Morgan fingerprint density at radius 2 is 2.00 bits per heavy atom. The second-order valence-electron chi connectivity index (χ2n) is 7.39. The Kier molecular flexibility index (Phi) is 6.18. The van der Waals surface area contributed by atoms with Gasteiger partial charge in [-0.3, -0.25) is 4.90 Å². The number of hydrogen-bond donors (Lipinski definition) is 0. The van der Waals surface area contributed by atoms with Gasteiger partial charge in [0, 0.05) is 25.2 Å². The number of hydrogen-bond acceptors (Lipinski definition) is 5. The van der Waals surface area contributed by atoms with Gasteiger partial charge in [-0.25, -0.2) is 13.1 Å². The summed E-state index contributed by atoms with van der Waals surface area (Å²) in [4.78, 5) is 2.23. The van der Waals surface area contributed by atoms with Crippen LogP contribution in [0.25, 0.3) is 11.4 Å². The normalized spacial score (nSPS) is 19.0. The van der Waals surface area contributed by atoms with Gasteiger partial charge < -0.3 is 4.57 Å². The van der Waals surface area contributed by atoms with E-state index in [2.05, 4.69) is 43.0 Å². The molecule has 8 heteroatoms. The smallest absolute Gasteiger partial charge is 0.199 e. The molecule has 1 unspecified atom stereocenters. The third-order valence-electron chi connectivity index (χ3n) is 5.19. The molecule has 0 saturated carbocycles. The van der Waals surface area contributed by atoms with Crippen molar-refractivity contribution in [3.63, 3.8) is 0 Å². The molecule has 2 heterocycles. The highest BCUT2D eigenvalue weighted by atomic mass is 32.2. The first-order chi connectivity index (χ1) is 12.8. The van der Waals surface area contributed by atoms with E-state index in [0.717, 1.165) is 30.8 Å². The summed E-state index contributed by atoms with van der Waals surface area (Å²) in [6.07, 6.45) is 2.79. The maximum atomic E-state index is 11.9. The summed E-state index contributed by atoms with van der Waals surface area (Å²) < 4.78 is 28.3. The molecule has 27 heavy (non-hydrogen) atoms. The Morgan fingerprint density at radius 3 is 2.59 bits per heavy atom. The molecule has 2 aromatic rings. The number of benzene rings is 1. The van der Waals surface area contributed by atoms with Crippen LogP contribution in [0.4, 0.5) is 0 Å². The fraction of sp³-hybridized carbons (Fsp3) is 0.579. The summed E-state index contributed by atoms with van der Waals surface area (Å²) in [5.41, 5.74) is 2.23. The molecule has 1 aliphatic heterocycles. The van der Waals surface area contributed by atoms with Crippen molar-refractivity contribution in [1.29, 1.82) is 0 Å². The topological polar surface area (TPSA) is 60.1 Å². The number of aryl methyl sites for hydroxylation is 1. The van der Waals surface area contributed by atoms with Crippen LogP contribution in [-0.2, 0) is 23.6 Å². The summed E-state index contributed by atoms with van der Waals surface area (Å²) in [5, 5.41) is 4.75. The van der Waals surface area contributed by atoms with Crippen molar-refractivity contribution in [2.24, 2.45) is 7.05 Å². The van der Waals surface area contributed by atoms with Crippen LogP contribution in [0, 0.1) is 11.7 Å². The summed E-state index contributed by atoms with van der Waals surface area (Å²) in [6, 6.07) is 8.28. The molecule has 1 aliphatic rings. The van der Waals surface area contributed by atoms with Gasteiger partial charge in [0.05, 0.1) is 18.2 Å². The van der Waals surface area contributed by atoms with Gasteiger partial charge in [-0.15, -0.1) is 0 Å². The number of sulfone groups is 1. The average molecular weight is 409 g/mol. The molecule has 0 spiro atoms. The Balaban J connectivity index is 1.86. The van der Waals surface area contributed by atoms with Gasteiger partial charge in [-0.2, -0.15) is 5.10 Å². The highest BCUT2D eigenvalue weighted by Crippen LogP contribution is 2.21. The molecule has 1 aromatic carbocycles. The standard InChI is InChI=1S/C19H28N4O2S2/c1-4-5-11-22(17-10-12-27(24,25)13-17)14-23-19(26)21(3)18(20-23)16-8-6-15(2)7-9-16/h6-9,17H,4-5,10-14H2,1-3H3. The molecule has 3 rings (SSSR count). The summed E-state index contributed by atoms with van der Waals surface area (Å²) >= 11 is 5.61. The van der Waals surface area contributed by atoms with Gasteiger partial charge in [-0.05, 0) is 32.0 Å². The zero-order valence-corrected chi connectivity index (χ0v) is 17.9. The van der Waals surface area contributed by atoms with E-state index >= 15 is 0 Å². The van der Waals surface area contributed by atoms with Crippen LogP contribution in [0.5, 0.6) is 0 Å². The SMILES string of the molecule is CCCCN(Cn1nc(-c2ccc(C)cc2)n(C)c1=S)C1CCS(=O)(=O)C1. The van der Waals surface area contributed by atoms with E-state index in [1.54, 1.807) is 0 Å². The molecule has 1 saturated heterocycles. The van der Waals surface area contributed by atoms with E-state index in [-0.39, 0.29) is 17.5 Å². The minimum absolute atomic E-state index is 0.0493. The highest BCUT2D eigenvalue weighted by Gasteiger charge is 2.32. The molecule has 148 valence electrons. The van der Waals surface area contributed by atoms with Crippen molar-refractivity contribution in [3.05, 3.63) is 34.6 Å². The third-order valence-corrected chi connectivity index (χ3v) is 7.42. The van der Waals surface area contributed by atoms with Gasteiger partial charge >= 0.3 is 0 Å². The lowest BCUT2D eigenvalue weighted by molar-refractivity contribution is 0.152. The van der Waals surface area contributed by atoms with Crippen LogP contribution in [0.15, 0.2) is 24.3 Å². The second kappa shape index (κ2) is 8.24. The maximum Gasteiger partial charge on any atom is 0.199 e. The Labute approximate surface area is 166 Å². The fourth-order valence-electron chi connectivity index (χ4n) is 3.50. The first-order valence-electron chi connectivity index (χ1n) is 9.46. The summed E-state index contributed by atoms with van der Waals surface area (Å²) in [7, 11) is -0.993. The van der Waals surface area contributed by atoms with Crippen LogP contribution in [-0.4, -0.2) is 51.8 Å². The lowest BCUT2D eigenvalue weighted by Crippen LogP contribution is -2.38. The predicted molar refractivity (Wildman–Crippen MR) is 111 cm³/mol. The van der Waals surface area contributed by atoms with Gasteiger partial charge in [-0.1, -0.05) is 43.2 Å². The molecule has 0 amide bonds. The lowest BCUT2D eigenvalue weighted by atomic mass is 10.1. The van der Waals surface area contributed by atoms with Crippen LogP contribution >= 0.6 is 12.2 Å². The van der Waals surface area contributed by atoms with E-state index in [4.69, 9.17) is 17.3 Å². The monoisotopic (exact) mass is 408 g/mol. The summed E-state index contributed by atoms with van der Waals surface area (Å²) in [5.74, 6) is 1.35. The minimum atomic E-state index is -2.92. The van der Waals surface area contributed by atoms with Gasteiger partial charge in [0.2, 0.25) is 0 Å². The van der Waals surface area contributed by atoms with Crippen LogP contribution in [0.3, 0.4) is 0 Å². The fourth-order valence-corrected chi connectivity index (χ4v) is 5.45. The average Bonchev–Trinajstić information content (AvgIpc) is 3.13. The molecule has 0 radical (unpaired) electrons. The van der Waals surface area contributed by atoms with Crippen molar-refractivity contribution in [3.8, 4) is 11.4 Å². The predicted octanol–water partition coefficient (Wildman–Crippen LogP) is 3.17. The molecule has 1 atom stereocenters. The molecule has 0 N–H and O–H groups in total. The molecular formula is C19H28N4O2S2.